The number of aromatic amines is 1. The molecule has 2 N–H and O–H groups in total. The Hall–Kier alpha value is -3.29. The Bertz CT molecular complexity index is 972. The topological polar surface area (TPSA) is 91.0 Å². The number of halogens is 1. The van der Waals surface area contributed by atoms with Crippen LogP contribution in [0.1, 0.15) is 12.1 Å². The Labute approximate surface area is 148 Å². The molecule has 1 aliphatic rings. The second-order valence-electron chi connectivity index (χ2n) is 6.15. The van der Waals surface area contributed by atoms with E-state index < -0.39 is 11.7 Å². The van der Waals surface area contributed by atoms with Gasteiger partial charge >= 0.3 is 0 Å². The van der Waals surface area contributed by atoms with Gasteiger partial charge in [0.15, 0.2) is 5.82 Å². The molecule has 3 heterocycles. The predicted octanol–water partition coefficient (Wildman–Crippen LogP) is 1.77. The van der Waals surface area contributed by atoms with Gasteiger partial charge in [0.05, 0.1) is 29.1 Å². The van der Waals surface area contributed by atoms with Gasteiger partial charge in [-0.25, -0.2) is 4.39 Å². The number of hydrogen-bond donors (Lipinski definition) is 2. The van der Waals surface area contributed by atoms with Crippen LogP contribution < -0.4 is 10.2 Å². The molecular formula is C18H16FN5O2. The summed E-state index contributed by atoms with van der Waals surface area (Å²) < 4.78 is 14.1. The van der Waals surface area contributed by atoms with E-state index in [2.05, 4.69) is 20.5 Å². The minimum Gasteiger partial charge on any atom is -0.350 e. The molecule has 2 amide bonds. The summed E-state index contributed by atoms with van der Waals surface area (Å²) in [4.78, 5) is 30.3. The van der Waals surface area contributed by atoms with E-state index in [0.717, 1.165) is 5.69 Å². The van der Waals surface area contributed by atoms with E-state index in [4.69, 9.17) is 0 Å². The number of amides is 2. The third-order valence-corrected chi connectivity index (χ3v) is 4.44. The van der Waals surface area contributed by atoms with Crippen LogP contribution in [0.15, 0.2) is 42.6 Å². The lowest BCUT2D eigenvalue weighted by Crippen LogP contribution is -2.33. The van der Waals surface area contributed by atoms with Gasteiger partial charge in [0.2, 0.25) is 11.8 Å². The minimum atomic E-state index is -0.510. The zero-order chi connectivity index (χ0) is 18.1. The van der Waals surface area contributed by atoms with Crippen molar-refractivity contribution in [1.29, 1.82) is 0 Å². The highest BCUT2D eigenvalue weighted by atomic mass is 19.1. The third kappa shape index (κ3) is 2.90. The summed E-state index contributed by atoms with van der Waals surface area (Å²) in [6.45, 7) is 0.464. The van der Waals surface area contributed by atoms with E-state index >= 15 is 0 Å². The lowest BCUT2D eigenvalue weighted by molar-refractivity contribution is -0.126. The molecule has 26 heavy (non-hydrogen) atoms. The zero-order valence-corrected chi connectivity index (χ0v) is 13.8. The number of nitrogens with one attached hydrogen (secondary N) is 2. The molecular weight excluding hydrogens is 337 g/mol. The molecule has 0 saturated carbocycles. The van der Waals surface area contributed by atoms with Gasteiger partial charge in [-0.3, -0.25) is 24.6 Å². The van der Waals surface area contributed by atoms with Gasteiger partial charge in [-0.15, -0.1) is 0 Å². The number of fused-ring (bicyclic) bond motifs is 1. The van der Waals surface area contributed by atoms with E-state index in [-0.39, 0.29) is 36.0 Å². The summed E-state index contributed by atoms with van der Waals surface area (Å²) in [6.07, 6.45) is 1.72. The summed E-state index contributed by atoms with van der Waals surface area (Å²) in [7, 11) is 0. The van der Waals surface area contributed by atoms with Crippen LogP contribution in [0.4, 0.5) is 10.2 Å². The van der Waals surface area contributed by atoms with Crippen molar-refractivity contribution in [3.05, 3.63) is 54.1 Å². The molecule has 2 aromatic heterocycles. The molecule has 132 valence electrons. The van der Waals surface area contributed by atoms with E-state index in [1.165, 1.54) is 11.0 Å². The molecule has 0 aliphatic carbocycles. The maximum Gasteiger partial charge on any atom is 0.229 e. The number of rotatable bonds is 4. The number of nitrogens with zero attached hydrogens (tertiary/aromatic N) is 3. The fourth-order valence-electron chi connectivity index (χ4n) is 3.12. The zero-order valence-electron chi connectivity index (χ0n) is 13.8. The van der Waals surface area contributed by atoms with Crippen molar-refractivity contribution in [2.45, 2.75) is 13.0 Å². The standard InChI is InChI=1S/C18H16FN5O2/c19-13-5-3-6-14-16(13)17(23-22-14)24-10-11(8-15(24)25)18(26)21-9-12-4-1-2-7-20-12/h1-7,11H,8-10H2,(H,21,26)(H,22,23)/t11-/m0/s1. The molecule has 8 heteroatoms. The van der Waals surface area contributed by atoms with Crippen LogP contribution in [0.2, 0.25) is 0 Å². The van der Waals surface area contributed by atoms with Crippen molar-refractivity contribution >= 4 is 28.5 Å². The van der Waals surface area contributed by atoms with Gasteiger partial charge in [-0.05, 0) is 24.3 Å². The average Bonchev–Trinajstić information content (AvgIpc) is 3.25. The summed E-state index contributed by atoms with van der Waals surface area (Å²) in [5.41, 5.74) is 1.25. The first-order chi connectivity index (χ1) is 12.6. The first-order valence-electron chi connectivity index (χ1n) is 8.24. The Balaban J connectivity index is 1.49. The molecule has 1 aliphatic heterocycles. The Morgan fingerprint density at radius 3 is 3.00 bits per heavy atom. The maximum atomic E-state index is 14.1. The van der Waals surface area contributed by atoms with Crippen molar-refractivity contribution in [2.75, 3.05) is 11.4 Å². The van der Waals surface area contributed by atoms with Crippen molar-refractivity contribution in [3.63, 3.8) is 0 Å². The van der Waals surface area contributed by atoms with Gasteiger partial charge in [0, 0.05) is 19.2 Å². The van der Waals surface area contributed by atoms with Gasteiger partial charge in [0.25, 0.3) is 0 Å². The molecule has 0 spiro atoms. The quantitative estimate of drug-likeness (QED) is 0.748. The summed E-state index contributed by atoms with van der Waals surface area (Å²) in [5.74, 6) is -1.22. The van der Waals surface area contributed by atoms with Gasteiger partial charge in [-0.1, -0.05) is 12.1 Å². The van der Waals surface area contributed by atoms with Crippen molar-refractivity contribution in [2.24, 2.45) is 5.92 Å². The second-order valence-corrected chi connectivity index (χ2v) is 6.15. The highest BCUT2D eigenvalue weighted by Crippen LogP contribution is 2.31. The normalized spacial score (nSPS) is 17.0. The number of hydrogen-bond acceptors (Lipinski definition) is 4. The largest absolute Gasteiger partial charge is 0.350 e. The van der Waals surface area contributed by atoms with Crippen LogP contribution in [-0.4, -0.2) is 33.5 Å². The summed E-state index contributed by atoms with van der Waals surface area (Å²) in [6, 6.07) is 10.0. The predicted molar refractivity (Wildman–Crippen MR) is 92.6 cm³/mol. The van der Waals surface area contributed by atoms with E-state index in [9.17, 15) is 14.0 Å². The number of pyridine rings is 1. The average molecular weight is 353 g/mol. The molecule has 0 bridgehead atoms. The van der Waals surface area contributed by atoms with Crippen LogP contribution in [0.25, 0.3) is 10.9 Å². The van der Waals surface area contributed by atoms with E-state index in [0.29, 0.717) is 12.1 Å². The van der Waals surface area contributed by atoms with E-state index in [1.807, 2.05) is 12.1 Å². The highest BCUT2D eigenvalue weighted by molar-refractivity contribution is 6.05. The van der Waals surface area contributed by atoms with Crippen molar-refractivity contribution in [3.8, 4) is 0 Å². The lowest BCUT2D eigenvalue weighted by atomic mass is 10.1. The number of benzene rings is 1. The van der Waals surface area contributed by atoms with Gasteiger partial charge < -0.3 is 5.32 Å². The maximum absolute atomic E-state index is 14.1. The van der Waals surface area contributed by atoms with Crippen LogP contribution in [0, 0.1) is 11.7 Å². The fourth-order valence-corrected chi connectivity index (χ4v) is 3.12. The Kier molecular flexibility index (Phi) is 4.08. The van der Waals surface area contributed by atoms with E-state index in [1.54, 1.807) is 24.4 Å². The molecule has 0 radical (unpaired) electrons. The third-order valence-electron chi connectivity index (χ3n) is 4.44. The van der Waals surface area contributed by atoms with Crippen LogP contribution in [-0.2, 0) is 16.1 Å². The molecule has 1 saturated heterocycles. The van der Waals surface area contributed by atoms with Crippen molar-refractivity contribution in [1.82, 2.24) is 20.5 Å². The summed E-state index contributed by atoms with van der Waals surface area (Å²) in [5, 5.41) is 9.85. The first kappa shape index (κ1) is 16.2. The number of H-pyrrole nitrogens is 1. The number of carbonyl (C=O) groups is 2. The fraction of sp³-hybridized carbons (Fsp3) is 0.222. The van der Waals surface area contributed by atoms with Crippen molar-refractivity contribution < 1.29 is 14.0 Å². The molecule has 0 unspecified atom stereocenters. The number of carbonyl (C=O) groups excluding carboxylic acids is 2. The molecule has 4 rings (SSSR count). The van der Waals surface area contributed by atoms with Gasteiger partial charge in [0.1, 0.15) is 5.82 Å². The minimum absolute atomic E-state index is 0.0663. The molecule has 1 fully saturated rings. The van der Waals surface area contributed by atoms with Crippen LogP contribution in [0.3, 0.4) is 0 Å². The highest BCUT2D eigenvalue weighted by Gasteiger charge is 2.37. The molecule has 7 nitrogen and oxygen atoms in total. The number of anilines is 1. The number of aromatic nitrogens is 3. The molecule has 1 atom stereocenters. The molecule has 3 aromatic rings. The van der Waals surface area contributed by atoms with Crippen LogP contribution in [0.5, 0.6) is 0 Å². The lowest BCUT2D eigenvalue weighted by Gasteiger charge is -2.14. The monoisotopic (exact) mass is 353 g/mol. The SMILES string of the molecule is O=C(NCc1ccccn1)[C@H]1CC(=O)N(c2n[nH]c3cccc(F)c23)C1. The molecule has 1 aromatic carbocycles. The summed E-state index contributed by atoms with van der Waals surface area (Å²) >= 11 is 0. The Morgan fingerprint density at radius 2 is 2.19 bits per heavy atom. The Morgan fingerprint density at radius 1 is 1.31 bits per heavy atom. The second kappa shape index (κ2) is 6.55. The first-order valence-corrected chi connectivity index (χ1v) is 8.24. The van der Waals surface area contributed by atoms with Crippen LogP contribution >= 0.6 is 0 Å². The smallest absolute Gasteiger partial charge is 0.229 e. The van der Waals surface area contributed by atoms with Gasteiger partial charge in [-0.2, -0.15) is 5.10 Å².